The number of nitrogens with zero attached hydrogens (tertiary/aromatic N) is 1. The molecular weight excluding hydrogens is 270 g/mol. The first-order chi connectivity index (χ1) is 7.65. The van der Waals surface area contributed by atoms with E-state index in [0.29, 0.717) is 13.0 Å². The fourth-order valence-corrected chi connectivity index (χ4v) is 2.72. The maximum Gasteiger partial charge on any atom is 0.308 e. The maximum absolute atomic E-state index is 10.9. The van der Waals surface area contributed by atoms with E-state index in [2.05, 4.69) is 32.6 Å². The Morgan fingerprint density at radius 2 is 2.25 bits per heavy atom. The van der Waals surface area contributed by atoms with Crippen LogP contribution >= 0.6 is 15.9 Å². The monoisotopic (exact) mass is 279 g/mol. The van der Waals surface area contributed by atoms with E-state index in [9.17, 15) is 4.79 Å². The van der Waals surface area contributed by atoms with Gasteiger partial charge in [-0.25, -0.2) is 0 Å². The molecule has 0 radical (unpaired) electrons. The highest BCUT2D eigenvalue weighted by molar-refractivity contribution is 9.10. The van der Waals surface area contributed by atoms with Gasteiger partial charge in [0.25, 0.3) is 0 Å². The van der Waals surface area contributed by atoms with Crippen LogP contribution in [0.1, 0.15) is 5.69 Å². The number of aromatic nitrogens is 1. The van der Waals surface area contributed by atoms with Crippen molar-refractivity contribution in [3.05, 3.63) is 34.4 Å². The first-order valence-corrected chi connectivity index (χ1v) is 5.95. The second-order valence-electron chi connectivity index (χ2n) is 4.19. The summed E-state index contributed by atoms with van der Waals surface area (Å²) in [6, 6.07) is 8.20. The lowest BCUT2D eigenvalue weighted by Crippen LogP contribution is -2.14. The second kappa shape index (κ2) is 3.35. The molecule has 0 spiro atoms. The fourth-order valence-electron chi connectivity index (χ4n) is 2.37. The molecule has 1 unspecified atom stereocenters. The number of rotatable bonds is 1. The summed E-state index contributed by atoms with van der Waals surface area (Å²) in [4.78, 5) is 10.9. The first kappa shape index (κ1) is 9.90. The van der Waals surface area contributed by atoms with Gasteiger partial charge < -0.3 is 9.67 Å². The SMILES string of the molecule is O=C(O)C1Cc2cc3ccc(Br)cc3n2C1. The molecule has 16 heavy (non-hydrogen) atoms. The van der Waals surface area contributed by atoms with Crippen LogP contribution in [0, 0.1) is 5.92 Å². The molecule has 0 amide bonds. The summed E-state index contributed by atoms with van der Waals surface area (Å²) in [5, 5.41) is 10.2. The number of benzene rings is 1. The minimum atomic E-state index is -0.702. The molecule has 1 aliphatic rings. The van der Waals surface area contributed by atoms with Gasteiger partial charge in [0.1, 0.15) is 0 Å². The number of hydrogen-bond acceptors (Lipinski definition) is 1. The number of carboxylic acids is 1. The first-order valence-electron chi connectivity index (χ1n) is 5.15. The lowest BCUT2D eigenvalue weighted by Gasteiger charge is -2.03. The van der Waals surface area contributed by atoms with E-state index >= 15 is 0 Å². The lowest BCUT2D eigenvalue weighted by molar-refractivity contribution is -0.141. The van der Waals surface area contributed by atoms with Crippen LogP contribution in [0.5, 0.6) is 0 Å². The van der Waals surface area contributed by atoms with Gasteiger partial charge in [-0.3, -0.25) is 4.79 Å². The van der Waals surface area contributed by atoms with Gasteiger partial charge in [-0.15, -0.1) is 0 Å². The molecule has 4 heteroatoms. The smallest absolute Gasteiger partial charge is 0.308 e. The summed E-state index contributed by atoms with van der Waals surface area (Å²) < 4.78 is 3.14. The number of carbonyl (C=O) groups is 1. The molecular formula is C12H10BrNO2. The van der Waals surface area contributed by atoms with Gasteiger partial charge >= 0.3 is 5.97 Å². The largest absolute Gasteiger partial charge is 0.481 e. The second-order valence-corrected chi connectivity index (χ2v) is 5.10. The Morgan fingerprint density at radius 3 is 3.00 bits per heavy atom. The van der Waals surface area contributed by atoms with E-state index in [1.54, 1.807) is 0 Å². The lowest BCUT2D eigenvalue weighted by atomic mass is 10.1. The van der Waals surface area contributed by atoms with Gasteiger partial charge in [-0.05, 0) is 23.6 Å². The summed E-state index contributed by atoms with van der Waals surface area (Å²) in [6.45, 7) is 0.588. The highest BCUT2D eigenvalue weighted by Crippen LogP contribution is 2.30. The van der Waals surface area contributed by atoms with Crippen LogP contribution in [0.3, 0.4) is 0 Å². The molecule has 0 aliphatic carbocycles. The normalized spacial score (nSPS) is 18.9. The molecule has 0 saturated heterocycles. The number of aliphatic carboxylic acids is 1. The molecule has 0 fully saturated rings. The van der Waals surface area contributed by atoms with Gasteiger partial charge in [0, 0.05) is 28.6 Å². The predicted octanol–water partition coefficient (Wildman–Crippen LogP) is 2.66. The van der Waals surface area contributed by atoms with E-state index < -0.39 is 5.97 Å². The quantitative estimate of drug-likeness (QED) is 0.872. The van der Waals surface area contributed by atoms with E-state index in [1.165, 1.54) is 5.39 Å². The van der Waals surface area contributed by atoms with Crippen molar-refractivity contribution in [1.82, 2.24) is 4.57 Å². The zero-order valence-electron chi connectivity index (χ0n) is 8.48. The molecule has 2 heterocycles. The Kier molecular flexibility index (Phi) is 2.07. The molecule has 1 aromatic heterocycles. The molecule has 0 saturated carbocycles. The van der Waals surface area contributed by atoms with Gasteiger partial charge in [0.05, 0.1) is 5.92 Å². The zero-order chi connectivity index (χ0) is 11.3. The Morgan fingerprint density at radius 1 is 1.44 bits per heavy atom. The average molecular weight is 280 g/mol. The molecule has 1 aliphatic heterocycles. The van der Waals surface area contributed by atoms with Crippen molar-refractivity contribution in [1.29, 1.82) is 0 Å². The van der Waals surface area contributed by atoms with Gasteiger partial charge in [0.2, 0.25) is 0 Å². The van der Waals surface area contributed by atoms with Crippen LogP contribution in [-0.4, -0.2) is 15.6 Å². The predicted molar refractivity (Wildman–Crippen MR) is 64.5 cm³/mol. The Hall–Kier alpha value is -1.29. The maximum atomic E-state index is 10.9. The zero-order valence-corrected chi connectivity index (χ0v) is 10.1. The standard InChI is InChI=1S/C12H10BrNO2/c13-9-2-1-7-3-10-4-8(12(15)16)6-14(10)11(7)5-9/h1-3,5,8H,4,6H2,(H,15,16). The number of halogens is 1. The van der Waals surface area contributed by atoms with Gasteiger partial charge in [-0.1, -0.05) is 22.0 Å². The molecule has 82 valence electrons. The van der Waals surface area contributed by atoms with Crippen LogP contribution in [-0.2, 0) is 17.8 Å². The van der Waals surface area contributed by atoms with Crippen LogP contribution in [0.15, 0.2) is 28.7 Å². The number of carboxylic acid groups (broad SMARTS) is 1. The van der Waals surface area contributed by atoms with Crippen molar-refractivity contribution in [2.24, 2.45) is 5.92 Å². The van der Waals surface area contributed by atoms with E-state index in [0.717, 1.165) is 15.7 Å². The topological polar surface area (TPSA) is 42.2 Å². The number of fused-ring (bicyclic) bond motifs is 3. The minimum Gasteiger partial charge on any atom is -0.481 e. The highest BCUT2D eigenvalue weighted by atomic mass is 79.9. The Balaban J connectivity index is 2.13. The Labute approximate surface area is 101 Å². The van der Waals surface area contributed by atoms with Crippen molar-refractivity contribution in [3.63, 3.8) is 0 Å². The summed E-state index contributed by atoms with van der Waals surface area (Å²) in [6.07, 6.45) is 0.641. The van der Waals surface area contributed by atoms with E-state index in [-0.39, 0.29) is 5.92 Å². The molecule has 1 aromatic carbocycles. The third-order valence-electron chi connectivity index (χ3n) is 3.16. The minimum absolute atomic E-state index is 0.265. The van der Waals surface area contributed by atoms with Crippen LogP contribution in [0.2, 0.25) is 0 Å². The van der Waals surface area contributed by atoms with Gasteiger partial charge in [0.15, 0.2) is 0 Å². The molecule has 3 nitrogen and oxygen atoms in total. The highest BCUT2D eigenvalue weighted by Gasteiger charge is 2.28. The molecule has 1 atom stereocenters. The molecule has 3 rings (SSSR count). The molecule has 1 N–H and O–H groups in total. The summed E-state index contributed by atoms with van der Waals surface area (Å²) in [7, 11) is 0. The van der Waals surface area contributed by atoms with Crippen molar-refractivity contribution in [2.45, 2.75) is 13.0 Å². The van der Waals surface area contributed by atoms with Crippen molar-refractivity contribution >= 4 is 32.8 Å². The molecule has 0 bridgehead atoms. The summed E-state index contributed by atoms with van der Waals surface area (Å²) >= 11 is 3.44. The van der Waals surface area contributed by atoms with Crippen molar-refractivity contribution in [2.75, 3.05) is 0 Å². The van der Waals surface area contributed by atoms with Crippen LogP contribution in [0.25, 0.3) is 10.9 Å². The Bertz CT molecular complexity index is 588. The van der Waals surface area contributed by atoms with Crippen LogP contribution in [0.4, 0.5) is 0 Å². The molecule has 2 aromatic rings. The number of hydrogen-bond donors (Lipinski definition) is 1. The van der Waals surface area contributed by atoms with Crippen molar-refractivity contribution < 1.29 is 9.90 Å². The summed E-state index contributed by atoms with van der Waals surface area (Å²) in [5.74, 6) is -0.967. The van der Waals surface area contributed by atoms with E-state index in [4.69, 9.17) is 5.11 Å². The van der Waals surface area contributed by atoms with Crippen LogP contribution < -0.4 is 0 Å². The average Bonchev–Trinajstić information content (AvgIpc) is 2.75. The fraction of sp³-hybridized carbons (Fsp3) is 0.250. The summed E-state index contributed by atoms with van der Waals surface area (Å²) in [5.41, 5.74) is 2.24. The van der Waals surface area contributed by atoms with E-state index in [1.807, 2.05) is 12.1 Å². The van der Waals surface area contributed by atoms with Crippen molar-refractivity contribution in [3.8, 4) is 0 Å². The van der Waals surface area contributed by atoms with Gasteiger partial charge in [-0.2, -0.15) is 0 Å². The third kappa shape index (κ3) is 1.37. The third-order valence-corrected chi connectivity index (χ3v) is 3.65.